The van der Waals surface area contributed by atoms with Gasteiger partial charge < -0.3 is 32.0 Å². The van der Waals surface area contributed by atoms with Crippen molar-refractivity contribution in [1.29, 1.82) is 0 Å². The highest BCUT2D eigenvalue weighted by molar-refractivity contribution is 6.36. The summed E-state index contributed by atoms with van der Waals surface area (Å²) >= 11 is 12.2. The first-order valence-corrected chi connectivity index (χ1v) is 11.9. The molecule has 0 aliphatic heterocycles. The molecular formula is C24H27Cl2N7O3. The number of aromatic nitrogens is 2. The third kappa shape index (κ3) is 7.89. The van der Waals surface area contributed by atoms with Crippen molar-refractivity contribution in [1.82, 2.24) is 14.9 Å². The topological polar surface area (TPSA) is 159 Å². The van der Waals surface area contributed by atoms with Crippen LogP contribution in [0.2, 0.25) is 10.0 Å². The number of carbonyl (C=O) groups excluding carboxylic acids is 3. The van der Waals surface area contributed by atoms with Crippen molar-refractivity contribution in [3.63, 3.8) is 0 Å². The van der Waals surface area contributed by atoms with E-state index in [0.29, 0.717) is 36.0 Å². The predicted molar refractivity (Wildman–Crippen MR) is 140 cm³/mol. The van der Waals surface area contributed by atoms with Gasteiger partial charge in [-0.1, -0.05) is 47.5 Å². The van der Waals surface area contributed by atoms with E-state index in [1.807, 2.05) is 0 Å². The molecule has 1 aromatic heterocycles. The molecule has 0 spiro atoms. The minimum Gasteiger partial charge on any atom is -0.369 e. The van der Waals surface area contributed by atoms with Gasteiger partial charge in [0.1, 0.15) is 6.04 Å². The van der Waals surface area contributed by atoms with Crippen LogP contribution in [0.25, 0.3) is 0 Å². The number of imidazole rings is 1. The number of nitrogens with zero attached hydrogens (tertiary/aromatic N) is 2. The van der Waals surface area contributed by atoms with Crippen LogP contribution in [0, 0.1) is 0 Å². The van der Waals surface area contributed by atoms with Crippen LogP contribution < -0.4 is 22.1 Å². The van der Waals surface area contributed by atoms with E-state index in [-0.39, 0.29) is 18.0 Å². The fraction of sp³-hybridized carbons (Fsp3) is 0.250. The number of carbonyl (C=O) groups is 3. The molecule has 1 atom stereocenters. The summed E-state index contributed by atoms with van der Waals surface area (Å²) in [5, 5.41) is 6.52. The number of halogens is 2. The second-order valence-electron chi connectivity index (χ2n) is 8.07. The maximum absolute atomic E-state index is 13.4. The first kappa shape index (κ1) is 26.8. The van der Waals surface area contributed by atoms with Crippen molar-refractivity contribution in [3.05, 3.63) is 76.0 Å². The number of H-pyrrole nitrogens is 1. The van der Waals surface area contributed by atoms with Crippen LogP contribution in [-0.4, -0.2) is 45.3 Å². The molecule has 0 aliphatic rings. The Morgan fingerprint density at radius 2 is 1.78 bits per heavy atom. The molecule has 0 unspecified atom stereocenters. The Labute approximate surface area is 218 Å². The molecule has 7 N–H and O–H groups in total. The maximum atomic E-state index is 13.4. The van der Waals surface area contributed by atoms with Crippen molar-refractivity contribution in [3.8, 4) is 0 Å². The van der Waals surface area contributed by atoms with Gasteiger partial charge in [0.05, 0.1) is 17.1 Å². The monoisotopic (exact) mass is 531 g/mol. The molecule has 190 valence electrons. The number of hydrogen-bond acceptors (Lipinski definition) is 5. The molecule has 1 heterocycles. The van der Waals surface area contributed by atoms with Crippen LogP contribution in [0.1, 0.15) is 24.0 Å². The standard InChI is InChI=1S/C24H27Cl2N7O3/c25-17-7-8-19(18(26)13-17)32-24(36)33(14-16-5-3-15(4-6-16)12-21(27)34)20(22(28)35)2-1-9-29-23-30-10-11-31-23/h3-8,10-11,13,20H,1-2,9,12,14H2,(H2,27,34)(H2,28,35)(H,32,36)(H2,29,30,31)/t20-/m1/s1. The molecule has 4 amide bonds. The number of anilines is 2. The summed E-state index contributed by atoms with van der Waals surface area (Å²) in [6.45, 7) is 0.602. The highest BCUT2D eigenvalue weighted by Gasteiger charge is 2.28. The molecule has 0 saturated carbocycles. The number of nitrogens with one attached hydrogen (secondary N) is 3. The molecule has 36 heavy (non-hydrogen) atoms. The largest absolute Gasteiger partial charge is 0.369 e. The van der Waals surface area contributed by atoms with Crippen molar-refractivity contribution in [2.45, 2.75) is 31.8 Å². The van der Waals surface area contributed by atoms with Crippen LogP contribution in [0.15, 0.2) is 54.9 Å². The average molecular weight is 532 g/mol. The minimum atomic E-state index is -0.903. The highest BCUT2D eigenvalue weighted by atomic mass is 35.5. The Hall–Kier alpha value is -3.76. The number of hydrogen-bond donors (Lipinski definition) is 5. The lowest BCUT2D eigenvalue weighted by Gasteiger charge is -2.30. The van der Waals surface area contributed by atoms with Crippen LogP contribution >= 0.6 is 23.2 Å². The zero-order chi connectivity index (χ0) is 26.1. The fourth-order valence-corrected chi connectivity index (χ4v) is 4.03. The molecule has 0 bridgehead atoms. The van der Waals surface area contributed by atoms with Crippen LogP contribution in [0.4, 0.5) is 16.4 Å². The van der Waals surface area contributed by atoms with Gasteiger partial charge in [-0.25, -0.2) is 9.78 Å². The molecule has 3 rings (SSSR count). The molecule has 3 aromatic rings. The smallest absolute Gasteiger partial charge is 0.322 e. The van der Waals surface area contributed by atoms with E-state index in [2.05, 4.69) is 20.6 Å². The summed E-state index contributed by atoms with van der Waals surface area (Å²) in [5.41, 5.74) is 12.8. The molecule has 0 aliphatic carbocycles. The first-order valence-electron chi connectivity index (χ1n) is 11.1. The Kier molecular flexibility index (Phi) is 9.54. The van der Waals surface area contributed by atoms with Gasteiger partial charge >= 0.3 is 6.03 Å². The van der Waals surface area contributed by atoms with Gasteiger partial charge in [0.2, 0.25) is 11.8 Å². The zero-order valence-electron chi connectivity index (χ0n) is 19.3. The van der Waals surface area contributed by atoms with E-state index < -0.39 is 23.9 Å². The predicted octanol–water partition coefficient (Wildman–Crippen LogP) is 3.52. The van der Waals surface area contributed by atoms with Gasteiger partial charge in [-0.15, -0.1) is 0 Å². The first-order chi connectivity index (χ1) is 17.2. The van der Waals surface area contributed by atoms with Gasteiger partial charge in [-0.2, -0.15) is 0 Å². The van der Waals surface area contributed by atoms with Gasteiger partial charge in [0.25, 0.3) is 0 Å². The third-order valence-electron chi connectivity index (χ3n) is 5.34. The molecule has 0 saturated heterocycles. The highest BCUT2D eigenvalue weighted by Crippen LogP contribution is 2.26. The Balaban J connectivity index is 1.78. The van der Waals surface area contributed by atoms with E-state index >= 15 is 0 Å². The number of benzene rings is 2. The van der Waals surface area contributed by atoms with Gasteiger partial charge in [0.15, 0.2) is 5.95 Å². The number of amides is 4. The Bertz CT molecular complexity index is 1190. The second-order valence-corrected chi connectivity index (χ2v) is 8.91. The van der Waals surface area contributed by atoms with Crippen molar-refractivity contribution in [2.75, 3.05) is 17.2 Å². The van der Waals surface area contributed by atoms with E-state index in [4.69, 9.17) is 34.7 Å². The van der Waals surface area contributed by atoms with Gasteiger partial charge in [-0.3, -0.25) is 9.59 Å². The number of primary amides is 2. The van der Waals surface area contributed by atoms with Crippen LogP contribution in [-0.2, 0) is 22.6 Å². The summed E-state index contributed by atoms with van der Waals surface area (Å²) in [7, 11) is 0. The van der Waals surface area contributed by atoms with E-state index in [0.717, 1.165) is 11.1 Å². The molecule has 0 fully saturated rings. The van der Waals surface area contributed by atoms with E-state index in [9.17, 15) is 14.4 Å². The normalized spacial score (nSPS) is 11.5. The van der Waals surface area contributed by atoms with Crippen LogP contribution in [0.3, 0.4) is 0 Å². The third-order valence-corrected chi connectivity index (χ3v) is 5.89. The van der Waals surface area contributed by atoms with E-state index in [1.165, 1.54) is 11.0 Å². The fourth-order valence-electron chi connectivity index (χ4n) is 3.58. The number of aromatic amines is 1. The quantitative estimate of drug-likeness (QED) is 0.225. The second kappa shape index (κ2) is 12.8. The lowest BCUT2D eigenvalue weighted by atomic mass is 10.1. The summed E-state index contributed by atoms with van der Waals surface area (Å²) in [4.78, 5) is 45.4. The zero-order valence-corrected chi connectivity index (χ0v) is 20.9. The minimum absolute atomic E-state index is 0.0904. The lowest BCUT2D eigenvalue weighted by Crippen LogP contribution is -2.49. The average Bonchev–Trinajstić information content (AvgIpc) is 3.34. The SMILES string of the molecule is NC(=O)Cc1ccc(CN(C(=O)Nc2ccc(Cl)cc2Cl)[C@H](CCCNc2ncc[nH]2)C(N)=O)cc1. The number of rotatable bonds is 12. The molecule has 0 radical (unpaired) electrons. The van der Waals surface area contributed by atoms with Gasteiger partial charge in [0, 0.05) is 30.5 Å². The Morgan fingerprint density at radius 1 is 1.06 bits per heavy atom. The van der Waals surface area contributed by atoms with E-state index in [1.54, 1.807) is 48.8 Å². The summed E-state index contributed by atoms with van der Waals surface area (Å²) < 4.78 is 0. The van der Waals surface area contributed by atoms with Crippen molar-refractivity contribution < 1.29 is 14.4 Å². The number of nitrogens with two attached hydrogens (primary N) is 2. The molecule has 2 aromatic carbocycles. The number of urea groups is 1. The van der Waals surface area contributed by atoms with Crippen molar-refractivity contribution in [2.24, 2.45) is 11.5 Å². The molecule has 10 nitrogen and oxygen atoms in total. The summed E-state index contributed by atoms with van der Waals surface area (Å²) in [5.74, 6) is -0.482. The summed E-state index contributed by atoms with van der Waals surface area (Å²) in [6, 6.07) is 10.3. The Morgan fingerprint density at radius 3 is 2.39 bits per heavy atom. The van der Waals surface area contributed by atoms with Gasteiger partial charge in [-0.05, 0) is 42.2 Å². The van der Waals surface area contributed by atoms with Crippen LogP contribution in [0.5, 0.6) is 0 Å². The molecule has 12 heteroatoms. The lowest BCUT2D eigenvalue weighted by molar-refractivity contribution is -0.122. The molecular weight excluding hydrogens is 505 g/mol. The van der Waals surface area contributed by atoms with Crippen molar-refractivity contribution >= 4 is 52.7 Å². The maximum Gasteiger partial charge on any atom is 0.322 e. The summed E-state index contributed by atoms with van der Waals surface area (Å²) in [6.07, 6.45) is 4.27.